The molecule has 0 saturated carbocycles. The van der Waals surface area contributed by atoms with Crippen LogP contribution in [0.5, 0.6) is 0 Å². The van der Waals surface area contributed by atoms with E-state index < -0.39 is 11.5 Å². The van der Waals surface area contributed by atoms with Crippen LogP contribution in [0.4, 0.5) is 0 Å². The molecule has 0 fully saturated rings. The van der Waals surface area contributed by atoms with Crippen LogP contribution in [-0.4, -0.2) is 60.2 Å². The van der Waals surface area contributed by atoms with Gasteiger partial charge in [0.25, 0.3) is 5.56 Å². The number of aromatic amines is 1. The van der Waals surface area contributed by atoms with Gasteiger partial charge in [0.15, 0.2) is 0 Å². The Kier molecular flexibility index (Phi) is 7.37. The second-order valence-corrected chi connectivity index (χ2v) is 9.73. The van der Waals surface area contributed by atoms with Crippen LogP contribution in [0.3, 0.4) is 0 Å². The number of aliphatic hydroxyl groups is 1. The zero-order valence-electron chi connectivity index (χ0n) is 20.9. The van der Waals surface area contributed by atoms with Gasteiger partial charge in [0.2, 0.25) is 0 Å². The van der Waals surface area contributed by atoms with Crippen molar-refractivity contribution in [2.24, 2.45) is 0 Å². The fraction of sp³-hybridized carbons (Fsp3) is 0.300. The second-order valence-electron chi connectivity index (χ2n) is 9.73. The van der Waals surface area contributed by atoms with Gasteiger partial charge < -0.3 is 19.9 Å². The van der Waals surface area contributed by atoms with E-state index in [1.54, 1.807) is 6.20 Å². The predicted molar refractivity (Wildman–Crippen MR) is 142 cm³/mol. The topological polar surface area (TPSA) is 59.6 Å². The number of H-pyrrole nitrogens is 1. The molecule has 5 heteroatoms. The first-order valence-electron chi connectivity index (χ1n) is 11.9. The minimum absolute atomic E-state index is 0.200. The molecular weight excluding hydrogens is 434 g/mol. The molecule has 0 bridgehead atoms. The van der Waals surface area contributed by atoms with E-state index in [4.69, 9.17) is 0 Å². The summed E-state index contributed by atoms with van der Waals surface area (Å²) in [6, 6.07) is 19.7. The third-order valence-corrected chi connectivity index (χ3v) is 6.44. The molecule has 0 radical (unpaired) electrons. The van der Waals surface area contributed by atoms with E-state index in [9.17, 15) is 9.90 Å². The number of pyridine rings is 1. The lowest BCUT2D eigenvalue weighted by Gasteiger charge is -2.39. The summed E-state index contributed by atoms with van der Waals surface area (Å²) in [5, 5.41) is 12.8. The van der Waals surface area contributed by atoms with Gasteiger partial charge >= 0.3 is 0 Å². The van der Waals surface area contributed by atoms with Crippen molar-refractivity contribution >= 4 is 11.6 Å². The van der Waals surface area contributed by atoms with Gasteiger partial charge in [-0.05, 0) is 69.0 Å². The first kappa shape index (κ1) is 24.7. The highest BCUT2D eigenvalue weighted by molar-refractivity contribution is 5.82. The molecule has 0 saturated heterocycles. The summed E-state index contributed by atoms with van der Waals surface area (Å²) in [5.74, 6) is -0.607. The Bertz CT molecular complexity index is 1340. The molecule has 1 aliphatic carbocycles. The van der Waals surface area contributed by atoms with Gasteiger partial charge in [-0.1, -0.05) is 66.1 Å². The summed E-state index contributed by atoms with van der Waals surface area (Å²) >= 11 is 0. The zero-order valence-corrected chi connectivity index (χ0v) is 20.9. The number of nitrogens with zero attached hydrogens (tertiary/aromatic N) is 2. The van der Waals surface area contributed by atoms with Gasteiger partial charge in [-0.25, -0.2) is 0 Å². The van der Waals surface area contributed by atoms with Crippen LogP contribution in [0.15, 0.2) is 83.1 Å². The van der Waals surface area contributed by atoms with Gasteiger partial charge in [0.05, 0.1) is 0 Å². The van der Waals surface area contributed by atoms with Crippen molar-refractivity contribution in [3.05, 3.63) is 116 Å². The SMILES string of the molecule is CN(C)CCC(O)(C1=C=C=Cc2ccccc21)C(c1ccccc1)c1cc(CN(C)C)c[nH]c1=O. The molecule has 2 atom stereocenters. The van der Waals surface area contributed by atoms with E-state index in [1.807, 2.05) is 94.9 Å². The molecule has 35 heavy (non-hydrogen) atoms. The van der Waals surface area contributed by atoms with Gasteiger partial charge in [-0.15, -0.1) is 0 Å². The maximum atomic E-state index is 13.3. The van der Waals surface area contributed by atoms with E-state index in [0.29, 0.717) is 30.6 Å². The molecule has 0 amide bonds. The van der Waals surface area contributed by atoms with E-state index in [0.717, 1.165) is 22.3 Å². The van der Waals surface area contributed by atoms with Crippen molar-refractivity contribution in [2.75, 3.05) is 34.7 Å². The third-order valence-electron chi connectivity index (χ3n) is 6.44. The molecule has 2 unspecified atom stereocenters. The molecular formula is C30H33N3O2. The van der Waals surface area contributed by atoms with Gasteiger partial charge in [0, 0.05) is 36.3 Å². The lowest BCUT2D eigenvalue weighted by molar-refractivity contribution is 0.0664. The van der Waals surface area contributed by atoms with Gasteiger partial charge in [0.1, 0.15) is 5.60 Å². The number of rotatable bonds is 9. The van der Waals surface area contributed by atoms with Crippen molar-refractivity contribution in [1.29, 1.82) is 0 Å². The molecule has 2 N–H and O–H groups in total. The normalized spacial score (nSPS) is 15.1. The van der Waals surface area contributed by atoms with Crippen LogP contribution < -0.4 is 5.56 Å². The number of fused-ring (bicyclic) bond motifs is 1. The third kappa shape index (κ3) is 5.31. The number of hydrogen-bond donors (Lipinski definition) is 2. The molecule has 0 aliphatic heterocycles. The second kappa shape index (κ2) is 10.5. The standard InChI is InChI=1S/C30H33N3O2/c1-32(2)18-17-30(35,27-16-10-14-23-11-8-9-15-25(23)27)28(24-12-6-5-7-13-24)26-19-22(21-33(3)4)20-31-29(26)34/h5-9,11-15,19-20,28,35H,17-18,21H2,1-4H3,(H,31,34). The Morgan fingerprint density at radius 2 is 1.71 bits per heavy atom. The monoisotopic (exact) mass is 467 g/mol. The van der Waals surface area contributed by atoms with E-state index in [1.165, 1.54) is 0 Å². The summed E-state index contributed by atoms with van der Waals surface area (Å²) in [7, 11) is 7.96. The number of hydrogen-bond acceptors (Lipinski definition) is 4. The van der Waals surface area contributed by atoms with Crippen LogP contribution >= 0.6 is 0 Å². The van der Waals surface area contributed by atoms with Gasteiger partial charge in [-0.3, -0.25) is 4.79 Å². The maximum absolute atomic E-state index is 13.3. The van der Waals surface area contributed by atoms with Crippen molar-refractivity contribution in [1.82, 2.24) is 14.8 Å². The fourth-order valence-electron chi connectivity index (χ4n) is 4.83. The molecule has 180 valence electrons. The Balaban J connectivity index is 1.99. The van der Waals surface area contributed by atoms with Crippen LogP contribution in [0.1, 0.15) is 40.2 Å². The Hall–Kier alpha value is -3.43. The zero-order chi connectivity index (χ0) is 25.0. The first-order valence-corrected chi connectivity index (χ1v) is 11.9. The minimum Gasteiger partial charge on any atom is -0.383 e. The summed E-state index contributed by atoms with van der Waals surface area (Å²) in [6.45, 7) is 1.31. The Morgan fingerprint density at radius 3 is 2.43 bits per heavy atom. The molecule has 1 aromatic heterocycles. The highest BCUT2D eigenvalue weighted by atomic mass is 16.3. The molecule has 5 nitrogen and oxygen atoms in total. The quantitative estimate of drug-likeness (QED) is 0.465. The maximum Gasteiger partial charge on any atom is 0.251 e. The molecule has 1 aliphatic rings. The summed E-state index contributed by atoms with van der Waals surface area (Å²) in [4.78, 5) is 20.4. The average molecular weight is 468 g/mol. The summed E-state index contributed by atoms with van der Waals surface area (Å²) < 4.78 is 0. The summed E-state index contributed by atoms with van der Waals surface area (Å²) in [6.07, 6.45) is 4.05. The minimum atomic E-state index is -1.41. The largest absolute Gasteiger partial charge is 0.383 e. The average Bonchev–Trinajstić information content (AvgIpc) is 2.85. The van der Waals surface area contributed by atoms with Crippen molar-refractivity contribution in [3.63, 3.8) is 0 Å². The van der Waals surface area contributed by atoms with Crippen LogP contribution in [-0.2, 0) is 6.54 Å². The number of nitrogens with one attached hydrogen (secondary N) is 1. The van der Waals surface area contributed by atoms with E-state index in [-0.39, 0.29) is 5.56 Å². The van der Waals surface area contributed by atoms with Crippen molar-refractivity contribution in [2.45, 2.75) is 24.5 Å². The first-order chi connectivity index (χ1) is 16.8. The molecule has 4 rings (SSSR count). The van der Waals surface area contributed by atoms with Crippen molar-refractivity contribution < 1.29 is 5.11 Å². The van der Waals surface area contributed by atoms with Gasteiger partial charge in [-0.2, -0.15) is 0 Å². The Labute approximate surface area is 207 Å². The summed E-state index contributed by atoms with van der Waals surface area (Å²) in [5.41, 5.74) is 9.70. The Morgan fingerprint density at radius 1 is 1.00 bits per heavy atom. The predicted octanol–water partition coefficient (Wildman–Crippen LogP) is 4.12. The highest BCUT2D eigenvalue weighted by Gasteiger charge is 2.44. The van der Waals surface area contributed by atoms with E-state index >= 15 is 0 Å². The number of benzene rings is 2. The molecule has 2 aromatic carbocycles. The lowest BCUT2D eigenvalue weighted by atomic mass is 9.69. The van der Waals surface area contributed by atoms with Crippen molar-refractivity contribution in [3.8, 4) is 0 Å². The van der Waals surface area contributed by atoms with Crippen LogP contribution in [0.2, 0.25) is 0 Å². The molecule has 1 heterocycles. The lowest BCUT2D eigenvalue weighted by Crippen LogP contribution is -2.43. The van der Waals surface area contributed by atoms with Crippen LogP contribution in [0.25, 0.3) is 11.6 Å². The van der Waals surface area contributed by atoms with Crippen LogP contribution in [0, 0.1) is 0 Å². The molecule has 3 aromatic rings. The number of aromatic nitrogens is 1. The smallest absolute Gasteiger partial charge is 0.251 e. The van der Waals surface area contributed by atoms with E-state index in [2.05, 4.69) is 26.2 Å². The molecule has 0 spiro atoms. The highest BCUT2D eigenvalue weighted by Crippen LogP contribution is 2.45. The fourth-order valence-corrected chi connectivity index (χ4v) is 4.83.